The Kier molecular flexibility index (Phi) is 4.72. The fourth-order valence-electron chi connectivity index (χ4n) is 3.05. The van der Waals surface area contributed by atoms with Crippen molar-refractivity contribution in [3.05, 3.63) is 90.0 Å². The van der Waals surface area contributed by atoms with E-state index >= 15 is 0 Å². The van der Waals surface area contributed by atoms with Gasteiger partial charge in [-0.3, -0.25) is 4.99 Å². The number of benzene rings is 3. The molecule has 0 saturated heterocycles. The van der Waals surface area contributed by atoms with Crippen LogP contribution in [0.4, 0.5) is 4.39 Å². The molecule has 0 spiro atoms. The number of allylic oxidation sites excluding steroid dienone is 1. The highest BCUT2D eigenvalue weighted by Crippen LogP contribution is 2.31. The van der Waals surface area contributed by atoms with E-state index in [1.807, 2.05) is 42.5 Å². The number of halogens is 1. The number of hydrogen-bond acceptors (Lipinski definition) is 3. The van der Waals surface area contributed by atoms with Crippen LogP contribution in [0.5, 0.6) is 11.5 Å². The largest absolute Gasteiger partial charge is 0.478 e. The molecule has 1 aliphatic heterocycles. The van der Waals surface area contributed by atoms with Crippen LogP contribution in [0, 0.1) is 0 Å². The first-order chi connectivity index (χ1) is 13.6. The van der Waals surface area contributed by atoms with Crippen LogP contribution in [0.2, 0.25) is 0 Å². The van der Waals surface area contributed by atoms with Gasteiger partial charge in [0.05, 0.1) is 6.54 Å². The molecule has 0 bridgehead atoms. The van der Waals surface area contributed by atoms with Gasteiger partial charge in [0, 0.05) is 5.57 Å². The second-order valence-electron chi connectivity index (χ2n) is 6.26. The van der Waals surface area contributed by atoms with Crippen LogP contribution in [0.1, 0.15) is 15.9 Å². The van der Waals surface area contributed by atoms with Crippen LogP contribution in [-0.4, -0.2) is 23.6 Å². The number of aromatic carboxylic acids is 1. The number of carboxylic acid groups (broad SMARTS) is 1. The number of ether oxygens (including phenoxy) is 1. The molecule has 0 atom stereocenters. The predicted molar refractivity (Wildman–Crippen MR) is 107 cm³/mol. The number of hydrogen-bond donors (Lipinski definition) is 1. The Balaban J connectivity index is 1.61. The molecule has 4 nitrogen and oxygen atoms in total. The lowest BCUT2D eigenvalue weighted by Gasteiger charge is -2.11. The normalized spacial score (nSPS) is 13.0. The number of carbonyl (C=O) groups is 1. The maximum absolute atomic E-state index is 13.7. The highest BCUT2D eigenvalue weighted by molar-refractivity contribution is 6.20. The van der Waals surface area contributed by atoms with Gasteiger partial charge in [0.2, 0.25) is 5.97 Å². The first-order valence-electron chi connectivity index (χ1n) is 8.73. The molecule has 0 aromatic heterocycles. The zero-order valence-electron chi connectivity index (χ0n) is 14.8. The molecule has 5 heteroatoms. The van der Waals surface area contributed by atoms with Crippen molar-refractivity contribution < 1.29 is 19.0 Å². The van der Waals surface area contributed by atoms with Crippen LogP contribution >= 0.6 is 0 Å². The summed E-state index contributed by atoms with van der Waals surface area (Å²) in [5.41, 5.74) is 2.84. The predicted octanol–water partition coefficient (Wildman–Crippen LogP) is 5.61. The summed E-state index contributed by atoms with van der Waals surface area (Å²) in [6.07, 6.45) is 1.62. The third kappa shape index (κ3) is 3.55. The van der Waals surface area contributed by atoms with Gasteiger partial charge in [-0.1, -0.05) is 54.6 Å². The molecule has 0 fully saturated rings. The van der Waals surface area contributed by atoms with E-state index in [0.29, 0.717) is 16.9 Å². The van der Waals surface area contributed by atoms with Gasteiger partial charge in [-0.25, -0.2) is 4.79 Å². The fraction of sp³-hybridized carbons (Fsp3) is 0.0435. The van der Waals surface area contributed by atoms with Gasteiger partial charge in [-0.15, -0.1) is 0 Å². The monoisotopic (exact) mass is 373 g/mol. The Morgan fingerprint density at radius 1 is 0.929 bits per heavy atom. The molecule has 1 aliphatic rings. The Labute approximate surface area is 161 Å². The van der Waals surface area contributed by atoms with Crippen molar-refractivity contribution in [2.75, 3.05) is 6.54 Å². The zero-order chi connectivity index (χ0) is 19.5. The minimum atomic E-state index is -1.14. The quantitative estimate of drug-likeness (QED) is 0.632. The molecule has 0 radical (unpaired) electrons. The molecule has 28 heavy (non-hydrogen) atoms. The number of aliphatic imine (C=N–C) groups is 1. The summed E-state index contributed by atoms with van der Waals surface area (Å²) in [7, 11) is 0. The molecule has 0 unspecified atom stereocenters. The van der Waals surface area contributed by atoms with Crippen LogP contribution in [0.15, 0.2) is 83.9 Å². The number of nitrogens with zero attached hydrogens (tertiary/aromatic N) is 1. The van der Waals surface area contributed by atoms with Crippen molar-refractivity contribution in [2.45, 2.75) is 0 Å². The van der Waals surface area contributed by atoms with E-state index in [2.05, 4.69) is 4.99 Å². The molecule has 1 N–H and O–H groups in total. The van der Waals surface area contributed by atoms with Crippen molar-refractivity contribution in [1.82, 2.24) is 0 Å². The maximum Gasteiger partial charge on any atom is 0.339 e. The standard InChI is InChI=1S/C23H16FNO3/c24-22-19(12-13-25-22)17-8-11-21(20(14-17)23(26)27)28-18-9-6-16(7-10-18)15-4-2-1-3-5-15/h1-12,14H,13H2,(H,26,27). The molecule has 3 aromatic carbocycles. The van der Waals surface area contributed by atoms with Gasteiger partial charge < -0.3 is 9.84 Å². The van der Waals surface area contributed by atoms with Crippen LogP contribution in [-0.2, 0) is 0 Å². The average molecular weight is 373 g/mol. The van der Waals surface area contributed by atoms with Gasteiger partial charge in [-0.05, 0) is 41.0 Å². The molecule has 0 saturated carbocycles. The van der Waals surface area contributed by atoms with Crippen LogP contribution < -0.4 is 4.74 Å². The van der Waals surface area contributed by atoms with E-state index in [1.54, 1.807) is 24.3 Å². The van der Waals surface area contributed by atoms with Crippen molar-refractivity contribution in [1.29, 1.82) is 0 Å². The third-order valence-corrected chi connectivity index (χ3v) is 4.46. The van der Waals surface area contributed by atoms with Gasteiger partial charge >= 0.3 is 5.97 Å². The minimum absolute atomic E-state index is 0.0368. The summed E-state index contributed by atoms with van der Waals surface area (Å²) in [6.45, 7) is 0.260. The van der Waals surface area contributed by atoms with Crippen molar-refractivity contribution >= 4 is 17.5 Å². The summed E-state index contributed by atoms with van der Waals surface area (Å²) in [5.74, 6) is -1.02. The fourth-order valence-corrected chi connectivity index (χ4v) is 3.05. The second kappa shape index (κ2) is 7.48. The lowest BCUT2D eigenvalue weighted by atomic mass is 10.0. The van der Waals surface area contributed by atoms with Crippen LogP contribution in [0.3, 0.4) is 0 Å². The Bertz CT molecular complexity index is 1090. The molecule has 3 aromatic rings. The summed E-state index contributed by atoms with van der Waals surface area (Å²) < 4.78 is 19.5. The summed E-state index contributed by atoms with van der Waals surface area (Å²) >= 11 is 0. The highest BCUT2D eigenvalue weighted by atomic mass is 19.1. The molecular formula is C23H16FNO3. The Hall–Kier alpha value is -3.73. The number of carboxylic acids is 1. The average Bonchev–Trinajstić information content (AvgIpc) is 3.15. The number of rotatable bonds is 5. The third-order valence-electron chi connectivity index (χ3n) is 4.46. The summed E-state index contributed by atoms with van der Waals surface area (Å²) in [4.78, 5) is 15.3. The van der Waals surface area contributed by atoms with Crippen molar-refractivity contribution in [3.8, 4) is 22.6 Å². The van der Waals surface area contributed by atoms with Crippen molar-refractivity contribution in [3.63, 3.8) is 0 Å². The zero-order valence-corrected chi connectivity index (χ0v) is 14.8. The lowest BCUT2D eigenvalue weighted by Crippen LogP contribution is -2.02. The highest BCUT2D eigenvalue weighted by Gasteiger charge is 2.18. The molecule has 0 amide bonds. The van der Waals surface area contributed by atoms with E-state index in [0.717, 1.165) is 11.1 Å². The van der Waals surface area contributed by atoms with Gasteiger partial charge in [0.1, 0.15) is 17.1 Å². The SMILES string of the molecule is O=C(O)c1cc(C2=CCN=C2F)ccc1Oc1ccc(-c2ccccc2)cc1. The Morgan fingerprint density at radius 2 is 1.61 bits per heavy atom. The molecule has 4 rings (SSSR count). The van der Waals surface area contributed by atoms with E-state index in [-0.39, 0.29) is 17.9 Å². The first-order valence-corrected chi connectivity index (χ1v) is 8.73. The van der Waals surface area contributed by atoms with Crippen molar-refractivity contribution in [2.24, 2.45) is 4.99 Å². The molecule has 0 aliphatic carbocycles. The molecular weight excluding hydrogens is 357 g/mol. The van der Waals surface area contributed by atoms with Crippen LogP contribution in [0.25, 0.3) is 16.7 Å². The molecule has 138 valence electrons. The summed E-state index contributed by atoms with van der Waals surface area (Å²) in [5, 5.41) is 9.55. The Morgan fingerprint density at radius 3 is 2.25 bits per heavy atom. The van der Waals surface area contributed by atoms with Gasteiger partial charge in [-0.2, -0.15) is 4.39 Å². The first kappa shape index (κ1) is 17.7. The summed E-state index contributed by atoms with van der Waals surface area (Å²) in [6, 6.07) is 21.9. The smallest absolute Gasteiger partial charge is 0.339 e. The minimum Gasteiger partial charge on any atom is -0.478 e. The molecule has 1 heterocycles. The van der Waals surface area contributed by atoms with E-state index < -0.39 is 11.9 Å². The lowest BCUT2D eigenvalue weighted by molar-refractivity contribution is 0.0694. The maximum atomic E-state index is 13.7. The van der Waals surface area contributed by atoms with Gasteiger partial charge in [0.15, 0.2) is 0 Å². The van der Waals surface area contributed by atoms with E-state index in [1.165, 1.54) is 12.1 Å². The second-order valence-corrected chi connectivity index (χ2v) is 6.26. The van der Waals surface area contributed by atoms with E-state index in [4.69, 9.17) is 4.74 Å². The van der Waals surface area contributed by atoms with E-state index in [9.17, 15) is 14.3 Å². The topological polar surface area (TPSA) is 58.9 Å². The van der Waals surface area contributed by atoms with Gasteiger partial charge in [0.25, 0.3) is 0 Å².